The molecule has 8 nitrogen and oxygen atoms in total. The highest BCUT2D eigenvalue weighted by Crippen LogP contribution is 2.73. The van der Waals surface area contributed by atoms with E-state index in [0.29, 0.717) is 18.6 Å². The van der Waals surface area contributed by atoms with Gasteiger partial charge >= 0.3 is 11.9 Å². The lowest BCUT2D eigenvalue weighted by atomic mass is 9.40. The van der Waals surface area contributed by atoms with Crippen LogP contribution in [0.3, 0.4) is 0 Å². The van der Waals surface area contributed by atoms with Crippen molar-refractivity contribution in [2.45, 2.75) is 90.3 Å². The van der Waals surface area contributed by atoms with Crippen LogP contribution in [0.25, 0.3) is 0 Å². The van der Waals surface area contributed by atoms with E-state index >= 15 is 0 Å². The number of hydrogen-bond donors (Lipinski definition) is 0. The van der Waals surface area contributed by atoms with Crippen LogP contribution in [0.1, 0.15) is 75.7 Å². The van der Waals surface area contributed by atoms with Crippen LogP contribution in [0.2, 0.25) is 0 Å². The highest BCUT2D eigenvalue weighted by molar-refractivity contribution is 5.89. The molecule has 0 N–H and O–H groups in total. The van der Waals surface area contributed by atoms with E-state index in [1.165, 1.54) is 18.1 Å². The van der Waals surface area contributed by atoms with Gasteiger partial charge in [-0.2, -0.15) is 0 Å². The summed E-state index contributed by atoms with van der Waals surface area (Å²) in [7, 11) is 0. The monoisotopic (exact) mass is 588 g/mol. The van der Waals surface area contributed by atoms with Gasteiger partial charge in [0.2, 0.25) is 0 Å². The summed E-state index contributed by atoms with van der Waals surface area (Å²) in [5.74, 6) is -1.04. The summed E-state index contributed by atoms with van der Waals surface area (Å²) in [5.41, 5.74) is 2.30. The molecule has 1 aromatic heterocycles. The summed E-state index contributed by atoms with van der Waals surface area (Å²) in [6.07, 6.45) is 4.05. The predicted molar refractivity (Wildman–Crippen MR) is 155 cm³/mol. The first-order valence-corrected chi connectivity index (χ1v) is 15.4. The zero-order valence-corrected chi connectivity index (χ0v) is 25.4. The Morgan fingerprint density at radius 3 is 2.49 bits per heavy atom. The van der Waals surface area contributed by atoms with Gasteiger partial charge in [-0.15, -0.1) is 0 Å². The first-order chi connectivity index (χ1) is 20.5. The van der Waals surface area contributed by atoms with Gasteiger partial charge in [-0.1, -0.05) is 44.5 Å². The zero-order chi connectivity index (χ0) is 30.3. The molecule has 0 amide bonds. The predicted octanol–water partition coefficient (Wildman–Crippen LogP) is 5.66. The smallest absolute Gasteiger partial charge is 0.338 e. The molecule has 43 heavy (non-hydrogen) atoms. The largest absolute Gasteiger partial charge is 0.472 e. The fourth-order valence-corrected chi connectivity index (χ4v) is 10.4. The van der Waals surface area contributed by atoms with E-state index in [4.69, 9.17) is 23.4 Å². The van der Waals surface area contributed by atoms with Crippen LogP contribution in [-0.2, 0) is 28.5 Å². The number of aldehydes is 1. The highest BCUT2D eigenvalue weighted by atomic mass is 16.6. The lowest BCUT2D eigenvalue weighted by molar-refractivity contribution is -0.244. The van der Waals surface area contributed by atoms with Gasteiger partial charge in [0.05, 0.1) is 43.0 Å². The Morgan fingerprint density at radius 1 is 1.05 bits per heavy atom. The number of benzene rings is 1. The molecular weight excluding hydrogens is 548 g/mol. The molecule has 2 saturated carbocycles. The quantitative estimate of drug-likeness (QED) is 0.242. The molecule has 2 aliphatic heterocycles. The SMILES string of the molecule is CC(=O)OC1CC(OC(=O)c2ccccc2)C2(C)C3C(OCC13C)C1OC3CC(c4ccoc4)C(C)=C3C1(C)C2CC=O. The van der Waals surface area contributed by atoms with E-state index in [1.807, 2.05) is 24.3 Å². The van der Waals surface area contributed by atoms with Gasteiger partial charge < -0.3 is 28.2 Å². The van der Waals surface area contributed by atoms with Gasteiger partial charge in [0.25, 0.3) is 0 Å². The van der Waals surface area contributed by atoms with Crippen molar-refractivity contribution in [1.82, 2.24) is 0 Å². The summed E-state index contributed by atoms with van der Waals surface area (Å²) in [6.45, 7) is 10.5. The number of carbonyl (C=O) groups excluding carboxylic acids is 3. The summed E-state index contributed by atoms with van der Waals surface area (Å²) in [4.78, 5) is 38.6. The van der Waals surface area contributed by atoms with E-state index in [-0.39, 0.29) is 48.5 Å². The fraction of sp³-hybridized carbons (Fsp3) is 0.571. The first kappa shape index (κ1) is 28.5. The Hall–Kier alpha value is -3.23. The molecule has 11 unspecified atom stereocenters. The molecule has 3 heterocycles. The van der Waals surface area contributed by atoms with Crippen molar-refractivity contribution in [2.24, 2.45) is 28.1 Å². The number of rotatable bonds is 6. The molecular formula is C35H40O8. The second kappa shape index (κ2) is 9.89. The molecule has 1 aromatic carbocycles. The minimum atomic E-state index is -0.678. The topological polar surface area (TPSA) is 101 Å². The van der Waals surface area contributed by atoms with Gasteiger partial charge in [-0.25, -0.2) is 4.79 Å². The third kappa shape index (κ3) is 3.84. The van der Waals surface area contributed by atoms with E-state index in [0.717, 1.165) is 18.3 Å². The van der Waals surface area contributed by atoms with Crippen LogP contribution in [-0.4, -0.2) is 55.4 Å². The molecule has 0 radical (unpaired) electrons. The molecule has 0 spiro atoms. The van der Waals surface area contributed by atoms with Crippen LogP contribution in [0.4, 0.5) is 0 Å². The number of ether oxygens (including phenoxy) is 4. The summed E-state index contributed by atoms with van der Waals surface area (Å²) < 4.78 is 31.6. The van der Waals surface area contributed by atoms with Gasteiger partial charge in [0.15, 0.2) is 0 Å². The zero-order valence-electron chi connectivity index (χ0n) is 25.4. The Kier molecular flexibility index (Phi) is 6.57. The number of fused-ring (bicyclic) bond motifs is 4. The van der Waals surface area contributed by atoms with Crippen molar-refractivity contribution in [3.63, 3.8) is 0 Å². The molecule has 3 aliphatic carbocycles. The third-order valence-electron chi connectivity index (χ3n) is 12.0. The van der Waals surface area contributed by atoms with Gasteiger partial charge in [0, 0.05) is 47.8 Å². The van der Waals surface area contributed by atoms with Crippen molar-refractivity contribution in [3.05, 3.63) is 71.2 Å². The fourth-order valence-electron chi connectivity index (χ4n) is 10.4. The second-order valence-corrected chi connectivity index (χ2v) is 13.9. The number of hydrogen-bond acceptors (Lipinski definition) is 8. The number of allylic oxidation sites excluding steroid dienone is 1. The molecule has 11 atom stereocenters. The van der Waals surface area contributed by atoms with E-state index < -0.39 is 34.4 Å². The van der Waals surface area contributed by atoms with Crippen LogP contribution in [0.15, 0.2) is 64.5 Å². The minimum Gasteiger partial charge on any atom is -0.472 e. The van der Waals surface area contributed by atoms with E-state index in [1.54, 1.807) is 24.7 Å². The van der Waals surface area contributed by atoms with Crippen LogP contribution >= 0.6 is 0 Å². The molecule has 228 valence electrons. The van der Waals surface area contributed by atoms with Crippen molar-refractivity contribution >= 4 is 18.2 Å². The Balaban J connectivity index is 1.38. The average molecular weight is 589 g/mol. The molecule has 4 fully saturated rings. The van der Waals surface area contributed by atoms with Gasteiger partial charge in [0.1, 0.15) is 18.5 Å². The maximum Gasteiger partial charge on any atom is 0.338 e. The molecule has 2 aromatic rings. The Morgan fingerprint density at radius 2 is 1.81 bits per heavy atom. The molecule has 8 heteroatoms. The molecule has 0 bridgehead atoms. The maximum atomic E-state index is 13.6. The van der Waals surface area contributed by atoms with Crippen molar-refractivity contribution in [1.29, 1.82) is 0 Å². The van der Waals surface area contributed by atoms with E-state index in [2.05, 4.69) is 27.7 Å². The van der Waals surface area contributed by atoms with E-state index in [9.17, 15) is 14.4 Å². The standard InChI is InChI=1S/C35H40O8/c1-19-23(22-12-14-39-17-22)15-24-28(19)35(5)25(11-13-36)34(4)27(43-32(38)21-9-7-6-8-10-21)16-26(41-20(2)37)33(3)18-40-29(30(33)34)31(35)42-24/h6-10,12-14,17,23-27,29-31H,11,15-16,18H2,1-5H3. The van der Waals surface area contributed by atoms with Crippen molar-refractivity contribution in [3.8, 4) is 0 Å². The van der Waals surface area contributed by atoms with Gasteiger partial charge in [-0.3, -0.25) is 4.79 Å². The highest BCUT2D eigenvalue weighted by Gasteiger charge is 2.78. The second-order valence-electron chi connectivity index (χ2n) is 13.9. The normalized spacial score (nSPS) is 42.6. The van der Waals surface area contributed by atoms with Crippen LogP contribution < -0.4 is 0 Å². The lowest BCUT2D eigenvalue weighted by Gasteiger charge is -2.65. The van der Waals surface area contributed by atoms with Crippen molar-refractivity contribution in [2.75, 3.05) is 6.61 Å². The summed E-state index contributed by atoms with van der Waals surface area (Å²) >= 11 is 0. The number of carbonyl (C=O) groups is 3. The Labute approximate surface area is 252 Å². The number of furan rings is 1. The van der Waals surface area contributed by atoms with Crippen molar-refractivity contribution < 1.29 is 37.7 Å². The lowest BCUT2D eigenvalue weighted by Crippen LogP contribution is -2.70. The Bertz CT molecular complexity index is 1460. The molecule has 2 saturated heterocycles. The minimum absolute atomic E-state index is 0.113. The first-order valence-electron chi connectivity index (χ1n) is 15.4. The molecule has 5 aliphatic rings. The number of esters is 2. The van der Waals surface area contributed by atoms with Crippen LogP contribution in [0, 0.1) is 28.1 Å². The maximum absolute atomic E-state index is 13.6. The molecule has 7 rings (SSSR count). The van der Waals surface area contributed by atoms with Crippen LogP contribution in [0.5, 0.6) is 0 Å². The third-order valence-corrected chi connectivity index (χ3v) is 12.0. The average Bonchev–Trinajstić information content (AvgIpc) is 3.75. The summed E-state index contributed by atoms with van der Waals surface area (Å²) in [5, 5.41) is 0. The van der Waals surface area contributed by atoms with Gasteiger partial charge in [-0.05, 0) is 48.6 Å². The summed E-state index contributed by atoms with van der Waals surface area (Å²) in [6, 6.07) is 11.0.